The van der Waals surface area contributed by atoms with Gasteiger partial charge in [0.25, 0.3) is 5.91 Å². The number of piperidine rings is 1. The zero-order chi connectivity index (χ0) is 17.8. The first-order chi connectivity index (χ1) is 12.8. The summed E-state index contributed by atoms with van der Waals surface area (Å²) in [6.07, 6.45) is 9.78. The number of hydrogen-bond acceptors (Lipinski definition) is 4. The minimum atomic E-state index is 0.0432. The topological polar surface area (TPSA) is 73.9 Å². The predicted molar refractivity (Wildman–Crippen MR) is 99.8 cm³/mol. The van der Waals surface area contributed by atoms with Gasteiger partial charge >= 0.3 is 0 Å². The van der Waals surface area contributed by atoms with Gasteiger partial charge in [-0.1, -0.05) is 12.5 Å². The molecule has 0 atom stereocenters. The maximum Gasteiger partial charge on any atom is 0.272 e. The monoisotopic (exact) mass is 353 g/mol. The molecule has 6 heteroatoms. The van der Waals surface area contributed by atoms with Gasteiger partial charge in [0, 0.05) is 37.6 Å². The van der Waals surface area contributed by atoms with Crippen LogP contribution in [0.2, 0.25) is 0 Å². The van der Waals surface area contributed by atoms with Gasteiger partial charge in [-0.25, -0.2) is 0 Å². The maximum absolute atomic E-state index is 12.5. The van der Waals surface area contributed by atoms with Crippen molar-refractivity contribution in [2.75, 3.05) is 13.1 Å². The number of H-pyrrole nitrogens is 1. The highest BCUT2D eigenvalue weighted by Crippen LogP contribution is 2.22. The Balaban J connectivity index is 1.28. The third-order valence-electron chi connectivity index (χ3n) is 5.62. The lowest BCUT2D eigenvalue weighted by Crippen LogP contribution is -2.45. The fourth-order valence-corrected chi connectivity index (χ4v) is 4.05. The average Bonchev–Trinajstić information content (AvgIpc) is 2.93. The Morgan fingerprint density at radius 1 is 1.19 bits per heavy atom. The Morgan fingerprint density at radius 2 is 2.04 bits per heavy atom. The van der Waals surface area contributed by atoms with Crippen LogP contribution in [0.4, 0.5) is 0 Å². The van der Waals surface area contributed by atoms with E-state index in [0.717, 1.165) is 45.3 Å². The molecular formula is C20H27N5O. The molecule has 138 valence electrons. The molecule has 0 unspecified atom stereocenters. The molecule has 0 radical (unpaired) electrons. The largest absolute Gasteiger partial charge is 0.337 e. The Labute approximate surface area is 154 Å². The van der Waals surface area contributed by atoms with E-state index < -0.39 is 0 Å². The number of carbonyl (C=O) groups excluding carboxylic acids is 1. The van der Waals surface area contributed by atoms with E-state index in [1.807, 2.05) is 17.0 Å². The Morgan fingerprint density at radius 3 is 2.85 bits per heavy atom. The van der Waals surface area contributed by atoms with E-state index in [-0.39, 0.29) is 5.91 Å². The number of nitrogens with zero attached hydrogens (tertiary/aromatic N) is 3. The zero-order valence-electron chi connectivity index (χ0n) is 15.2. The molecule has 1 aliphatic heterocycles. The average molecular weight is 353 g/mol. The van der Waals surface area contributed by atoms with Crippen LogP contribution in [0.25, 0.3) is 0 Å². The molecule has 0 spiro atoms. The van der Waals surface area contributed by atoms with Crippen LogP contribution in [0.3, 0.4) is 0 Å². The summed E-state index contributed by atoms with van der Waals surface area (Å²) in [5, 5.41) is 11.4. The summed E-state index contributed by atoms with van der Waals surface area (Å²) >= 11 is 0. The molecule has 0 aromatic carbocycles. The molecule has 6 nitrogen and oxygen atoms in total. The number of rotatable bonds is 4. The van der Waals surface area contributed by atoms with E-state index in [4.69, 9.17) is 0 Å². The van der Waals surface area contributed by atoms with Crippen LogP contribution >= 0.6 is 0 Å². The van der Waals surface area contributed by atoms with Gasteiger partial charge in [0.05, 0.1) is 5.69 Å². The van der Waals surface area contributed by atoms with Gasteiger partial charge in [0.2, 0.25) is 0 Å². The molecule has 2 aliphatic rings. The highest BCUT2D eigenvalue weighted by molar-refractivity contribution is 5.92. The molecule has 1 saturated heterocycles. The summed E-state index contributed by atoms with van der Waals surface area (Å²) in [5.41, 5.74) is 4.51. The van der Waals surface area contributed by atoms with Crippen LogP contribution in [0.15, 0.2) is 24.4 Å². The van der Waals surface area contributed by atoms with Crippen molar-refractivity contribution in [3.8, 4) is 0 Å². The first-order valence-electron chi connectivity index (χ1n) is 9.80. The van der Waals surface area contributed by atoms with Gasteiger partial charge in [-0.15, -0.1) is 0 Å². The van der Waals surface area contributed by atoms with Gasteiger partial charge in [-0.3, -0.25) is 14.9 Å². The number of likely N-dealkylation sites (tertiary alicyclic amines) is 1. The second kappa shape index (κ2) is 7.99. The molecule has 0 saturated carbocycles. The van der Waals surface area contributed by atoms with Crippen molar-refractivity contribution >= 4 is 5.91 Å². The zero-order valence-corrected chi connectivity index (χ0v) is 15.2. The molecule has 2 aromatic rings. The van der Waals surface area contributed by atoms with Crippen molar-refractivity contribution in [3.05, 3.63) is 47.0 Å². The van der Waals surface area contributed by atoms with Crippen molar-refractivity contribution in [3.63, 3.8) is 0 Å². The Bertz CT molecular complexity index is 734. The smallest absolute Gasteiger partial charge is 0.272 e. The van der Waals surface area contributed by atoms with E-state index >= 15 is 0 Å². The van der Waals surface area contributed by atoms with Crippen LogP contribution in [0.1, 0.15) is 59.5 Å². The van der Waals surface area contributed by atoms with Crippen LogP contribution in [-0.4, -0.2) is 45.1 Å². The molecule has 1 amide bonds. The summed E-state index contributed by atoms with van der Waals surface area (Å²) in [4.78, 5) is 18.6. The fourth-order valence-electron chi connectivity index (χ4n) is 4.05. The van der Waals surface area contributed by atoms with Crippen molar-refractivity contribution in [1.29, 1.82) is 0 Å². The van der Waals surface area contributed by atoms with Gasteiger partial charge in [-0.2, -0.15) is 5.10 Å². The molecule has 2 aromatic heterocycles. The molecule has 2 N–H and O–H groups in total. The molecule has 1 aliphatic carbocycles. The van der Waals surface area contributed by atoms with E-state index in [0.29, 0.717) is 11.7 Å². The number of hydrogen-bond donors (Lipinski definition) is 2. The molecule has 1 fully saturated rings. The van der Waals surface area contributed by atoms with Crippen molar-refractivity contribution in [2.45, 2.75) is 57.5 Å². The van der Waals surface area contributed by atoms with E-state index in [1.165, 1.54) is 36.2 Å². The van der Waals surface area contributed by atoms with Crippen molar-refractivity contribution in [1.82, 2.24) is 25.4 Å². The quantitative estimate of drug-likeness (QED) is 0.828. The highest BCUT2D eigenvalue weighted by atomic mass is 16.2. The van der Waals surface area contributed by atoms with Crippen LogP contribution in [-0.2, 0) is 19.4 Å². The lowest BCUT2D eigenvalue weighted by atomic mass is 10.0. The van der Waals surface area contributed by atoms with E-state index in [9.17, 15) is 4.79 Å². The van der Waals surface area contributed by atoms with Gasteiger partial charge in [-0.05, 0) is 56.2 Å². The number of aromatic nitrogens is 3. The number of aromatic amines is 1. The molecular weight excluding hydrogens is 326 g/mol. The molecule has 4 rings (SSSR count). The number of nitrogens with one attached hydrogen (secondary N) is 2. The third-order valence-corrected chi connectivity index (χ3v) is 5.62. The van der Waals surface area contributed by atoms with Gasteiger partial charge in [0.15, 0.2) is 0 Å². The molecule has 26 heavy (non-hydrogen) atoms. The van der Waals surface area contributed by atoms with Crippen LogP contribution < -0.4 is 5.32 Å². The number of aryl methyl sites for hydroxylation is 1. The predicted octanol–water partition coefficient (Wildman–Crippen LogP) is 2.47. The lowest BCUT2D eigenvalue weighted by molar-refractivity contribution is 0.0698. The normalized spacial score (nSPS) is 18.4. The summed E-state index contributed by atoms with van der Waals surface area (Å²) in [7, 11) is 0. The van der Waals surface area contributed by atoms with Crippen LogP contribution in [0, 0.1) is 0 Å². The summed E-state index contributed by atoms with van der Waals surface area (Å²) in [5.74, 6) is 0.0432. The summed E-state index contributed by atoms with van der Waals surface area (Å²) < 4.78 is 0. The number of pyridine rings is 1. The van der Waals surface area contributed by atoms with E-state index in [1.54, 1.807) is 12.3 Å². The minimum absolute atomic E-state index is 0.0432. The highest BCUT2D eigenvalue weighted by Gasteiger charge is 2.24. The van der Waals surface area contributed by atoms with Gasteiger partial charge in [0.1, 0.15) is 5.69 Å². The first-order valence-corrected chi connectivity index (χ1v) is 9.80. The number of fused-ring (bicyclic) bond motifs is 1. The molecule has 3 heterocycles. The van der Waals surface area contributed by atoms with Crippen molar-refractivity contribution < 1.29 is 4.79 Å². The second-order valence-corrected chi connectivity index (χ2v) is 7.35. The Kier molecular flexibility index (Phi) is 5.29. The Hall–Kier alpha value is -2.21. The third kappa shape index (κ3) is 3.80. The summed E-state index contributed by atoms with van der Waals surface area (Å²) in [6.45, 7) is 2.39. The number of carbonyl (C=O) groups is 1. The number of amides is 1. The van der Waals surface area contributed by atoms with Gasteiger partial charge < -0.3 is 10.2 Å². The first kappa shape index (κ1) is 17.2. The lowest BCUT2D eigenvalue weighted by Gasteiger charge is -2.32. The fraction of sp³-hybridized carbons (Fsp3) is 0.550. The minimum Gasteiger partial charge on any atom is -0.337 e. The SMILES string of the molecule is O=C(c1ccccn1)N1CCC(NCc2n[nH]c3c2CCCCC3)CC1. The standard InChI is InChI=1S/C20H27N5O/c26-20(18-8-4-5-11-21-18)25-12-9-15(10-13-25)22-14-19-16-6-2-1-3-7-17(16)23-24-19/h4-5,8,11,15,22H,1-3,6-7,9-10,12-14H2,(H,23,24). The van der Waals surface area contributed by atoms with Crippen molar-refractivity contribution in [2.24, 2.45) is 0 Å². The molecule has 0 bridgehead atoms. The van der Waals surface area contributed by atoms with E-state index in [2.05, 4.69) is 20.5 Å². The second-order valence-electron chi connectivity index (χ2n) is 7.35. The van der Waals surface area contributed by atoms with Crippen LogP contribution in [0.5, 0.6) is 0 Å². The summed E-state index contributed by atoms with van der Waals surface area (Å²) in [6, 6.07) is 5.93. The maximum atomic E-state index is 12.5.